The van der Waals surface area contributed by atoms with Crippen LogP contribution in [0.3, 0.4) is 0 Å². The van der Waals surface area contributed by atoms with Crippen molar-refractivity contribution in [1.82, 2.24) is 4.83 Å². The molecule has 2 rings (SSSR count). The average Bonchev–Trinajstić information content (AvgIpc) is 2.60. The van der Waals surface area contributed by atoms with E-state index in [9.17, 15) is 8.42 Å². The Morgan fingerprint density at radius 2 is 1.62 bits per heavy atom. The molecular formula is C20H26N2O3S. The summed E-state index contributed by atoms with van der Waals surface area (Å²) in [5.74, 6) is 0.630. The summed E-state index contributed by atoms with van der Waals surface area (Å²) in [6, 6.07) is 14.2. The molecule has 0 saturated carbocycles. The van der Waals surface area contributed by atoms with Gasteiger partial charge in [-0.25, -0.2) is 0 Å². The van der Waals surface area contributed by atoms with E-state index < -0.39 is 10.0 Å². The van der Waals surface area contributed by atoms with E-state index >= 15 is 0 Å². The van der Waals surface area contributed by atoms with E-state index in [1.807, 2.05) is 31.2 Å². The summed E-state index contributed by atoms with van der Waals surface area (Å²) in [7, 11) is -3.72. The summed E-state index contributed by atoms with van der Waals surface area (Å²) in [5, 5.41) is 4.04. The second kappa shape index (κ2) is 7.91. The number of sulfonamides is 1. The zero-order valence-electron chi connectivity index (χ0n) is 15.9. The second-order valence-corrected chi connectivity index (χ2v) is 8.68. The molecule has 0 aliphatic rings. The van der Waals surface area contributed by atoms with Crippen molar-refractivity contribution in [1.29, 1.82) is 0 Å². The van der Waals surface area contributed by atoms with Crippen molar-refractivity contribution < 1.29 is 13.2 Å². The monoisotopic (exact) mass is 374 g/mol. The minimum atomic E-state index is -3.72. The smallest absolute Gasteiger partial charge is 0.276 e. The van der Waals surface area contributed by atoms with E-state index in [0.29, 0.717) is 18.1 Å². The van der Waals surface area contributed by atoms with Gasteiger partial charge in [-0.15, -0.1) is 0 Å². The molecule has 0 spiro atoms. The fourth-order valence-electron chi connectivity index (χ4n) is 2.34. The molecule has 0 aromatic heterocycles. The Morgan fingerprint density at radius 1 is 1.04 bits per heavy atom. The van der Waals surface area contributed by atoms with Crippen LogP contribution in [0.1, 0.15) is 45.7 Å². The molecule has 0 bridgehead atoms. The van der Waals surface area contributed by atoms with Crippen molar-refractivity contribution >= 4 is 15.7 Å². The molecule has 0 radical (unpaired) electrons. The van der Waals surface area contributed by atoms with Crippen LogP contribution in [0.2, 0.25) is 0 Å². The predicted octanol–water partition coefficient (Wildman–Crippen LogP) is 4.09. The lowest BCUT2D eigenvalue weighted by Gasteiger charge is -2.19. The van der Waals surface area contributed by atoms with E-state index in [2.05, 4.69) is 30.7 Å². The molecule has 0 saturated heterocycles. The Kier molecular flexibility index (Phi) is 6.08. The predicted molar refractivity (Wildman–Crippen MR) is 105 cm³/mol. The van der Waals surface area contributed by atoms with Crippen LogP contribution in [0.5, 0.6) is 5.75 Å². The summed E-state index contributed by atoms with van der Waals surface area (Å²) < 4.78 is 30.0. The van der Waals surface area contributed by atoms with Gasteiger partial charge in [0.15, 0.2) is 0 Å². The van der Waals surface area contributed by atoms with E-state index in [1.165, 1.54) is 17.7 Å². The Labute approximate surface area is 156 Å². The molecule has 0 atom stereocenters. The SMILES string of the molecule is CCOc1ccc(S(=O)(=O)NN=C(C)c2ccc(C(C)(C)C)cc2)cc1. The third kappa shape index (κ3) is 5.08. The molecule has 0 unspecified atom stereocenters. The number of hydrazone groups is 1. The van der Waals surface area contributed by atoms with Crippen LogP contribution in [-0.2, 0) is 15.4 Å². The Hall–Kier alpha value is -2.34. The van der Waals surface area contributed by atoms with Crippen molar-refractivity contribution in [3.8, 4) is 5.75 Å². The minimum Gasteiger partial charge on any atom is -0.494 e. The Morgan fingerprint density at radius 3 is 2.12 bits per heavy atom. The highest BCUT2D eigenvalue weighted by Gasteiger charge is 2.15. The van der Waals surface area contributed by atoms with Crippen LogP contribution in [-0.4, -0.2) is 20.7 Å². The number of nitrogens with one attached hydrogen (secondary N) is 1. The van der Waals surface area contributed by atoms with Crippen molar-refractivity contribution in [2.24, 2.45) is 5.10 Å². The van der Waals surface area contributed by atoms with Crippen molar-refractivity contribution in [2.45, 2.75) is 44.9 Å². The number of hydrogen-bond donors (Lipinski definition) is 1. The summed E-state index contributed by atoms with van der Waals surface area (Å²) in [5.41, 5.74) is 2.75. The lowest BCUT2D eigenvalue weighted by atomic mass is 9.86. The number of hydrogen-bond acceptors (Lipinski definition) is 4. The van der Waals surface area contributed by atoms with Crippen LogP contribution in [0.25, 0.3) is 0 Å². The van der Waals surface area contributed by atoms with E-state index in [0.717, 1.165) is 5.56 Å². The molecule has 0 heterocycles. The second-order valence-electron chi connectivity index (χ2n) is 7.02. The van der Waals surface area contributed by atoms with E-state index in [4.69, 9.17) is 4.74 Å². The first kappa shape index (κ1) is 20.0. The van der Waals surface area contributed by atoms with Gasteiger partial charge in [0.1, 0.15) is 5.75 Å². The largest absolute Gasteiger partial charge is 0.494 e. The molecule has 6 heteroatoms. The van der Waals surface area contributed by atoms with Crippen molar-refractivity contribution in [2.75, 3.05) is 6.61 Å². The minimum absolute atomic E-state index is 0.0683. The fraction of sp³-hybridized carbons (Fsp3) is 0.350. The highest BCUT2D eigenvalue weighted by molar-refractivity contribution is 7.89. The highest BCUT2D eigenvalue weighted by Crippen LogP contribution is 2.22. The van der Waals surface area contributed by atoms with Gasteiger partial charge in [0.25, 0.3) is 10.0 Å². The summed E-state index contributed by atoms with van der Waals surface area (Å²) >= 11 is 0. The molecule has 0 fully saturated rings. The average molecular weight is 375 g/mol. The Balaban J connectivity index is 2.13. The fourth-order valence-corrected chi connectivity index (χ4v) is 3.20. The molecule has 5 nitrogen and oxygen atoms in total. The molecular weight excluding hydrogens is 348 g/mol. The third-order valence-electron chi connectivity index (χ3n) is 3.95. The van der Waals surface area contributed by atoms with E-state index in [1.54, 1.807) is 19.1 Å². The van der Waals surface area contributed by atoms with Gasteiger partial charge in [0.05, 0.1) is 17.2 Å². The van der Waals surface area contributed by atoms with Gasteiger partial charge in [0.2, 0.25) is 0 Å². The normalized spacial score (nSPS) is 12.7. The number of ether oxygens (including phenoxy) is 1. The first-order valence-electron chi connectivity index (χ1n) is 8.53. The molecule has 0 amide bonds. The van der Waals surface area contributed by atoms with Crippen molar-refractivity contribution in [3.05, 3.63) is 59.7 Å². The lowest BCUT2D eigenvalue weighted by molar-refractivity contribution is 0.340. The zero-order valence-corrected chi connectivity index (χ0v) is 16.7. The van der Waals surface area contributed by atoms with Gasteiger partial charge in [0, 0.05) is 0 Å². The number of rotatable bonds is 6. The summed E-state index contributed by atoms with van der Waals surface area (Å²) in [6.45, 7) is 10.6. The molecule has 26 heavy (non-hydrogen) atoms. The van der Waals surface area contributed by atoms with Crippen LogP contribution in [0.4, 0.5) is 0 Å². The molecule has 2 aromatic carbocycles. The lowest BCUT2D eigenvalue weighted by Crippen LogP contribution is -2.20. The molecule has 0 aliphatic heterocycles. The first-order chi connectivity index (χ1) is 12.1. The van der Waals surface area contributed by atoms with Gasteiger partial charge < -0.3 is 4.74 Å². The first-order valence-corrected chi connectivity index (χ1v) is 10.0. The quantitative estimate of drug-likeness (QED) is 0.612. The van der Waals surface area contributed by atoms with Gasteiger partial charge in [-0.1, -0.05) is 45.0 Å². The molecule has 140 valence electrons. The molecule has 1 N–H and O–H groups in total. The van der Waals surface area contributed by atoms with Crippen molar-refractivity contribution in [3.63, 3.8) is 0 Å². The van der Waals surface area contributed by atoms with Crippen LogP contribution >= 0.6 is 0 Å². The maximum Gasteiger partial charge on any atom is 0.276 e. The van der Waals surface area contributed by atoms with Gasteiger partial charge in [-0.3, -0.25) is 0 Å². The van der Waals surface area contributed by atoms with Crippen LogP contribution in [0, 0.1) is 0 Å². The summed E-state index contributed by atoms with van der Waals surface area (Å²) in [6.07, 6.45) is 0. The maximum atomic E-state index is 12.4. The number of nitrogens with zero attached hydrogens (tertiary/aromatic N) is 1. The van der Waals surface area contributed by atoms with Gasteiger partial charge in [-0.05, 0) is 54.7 Å². The zero-order chi connectivity index (χ0) is 19.4. The van der Waals surface area contributed by atoms with Crippen LogP contribution in [0.15, 0.2) is 58.5 Å². The maximum absolute atomic E-state index is 12.4. The molecule has 0 aliphatic carbocycles. The van der Waals surface area contributed by atoms with E-state index in [-0.39, 0.29) is 10.3 Å². The third-order valence-corrected chi connectivity index (χ3v) is 5.17. The highest BCUT2D eigenvalue weighted by atomic mass is 32.2. The topological polar surface area (TPSA) is 67.8 Å². The Bertz CT molecular complexity index is 863. The summed E-state index contributed by atoms with van der Waals surface area (Å²) in [4.78, 5) is 2.43. The van der Waals surface area contributed by atoms with Gasteiger partial charge in [-0.2, -0.15) is 18.4 Å². The molecule has 2 aromatic rings. The van der Waals surface area contributed by atoms with Gasteiger partial charge >= 0.3 is 0 Å². The number of benzene rings is 2. The standard InChI is InChI=1S/C20H26N2O3S/c1-6-25-18-11-13-19(14-12-18)26(23,24)22-21-15(2)16-7-9-17(10-8-16)20(3,4)5/h7-14,22H,6H2,1-5H3. The van der Waals surface area contributed by atoms with Crippen LogP contribution < -0.4 is 9.57 Å².